The summed E-state index contributed by atoms with van der Waals surface area (Å²) in [4.78, 5) is 23.0. The van der Waals surface area contributed by atoms with Crippen molar-refractivity contribution in [1.82, 2.24) is 0 Å². The van der Waals surface area contributed by atoms with Gasteiger partial charge in [0.15, 0.2) is 6.29 Å². The van der Waals surface area contributed by atoms with E-state index in [0.717, 1.165) is 4.47 Å². The van der Waals surface area contributed by atoms with Crippen LogP contribution in [0.4, 0.5) is 0 Å². The van der Waals surface area contributed by atoms with Crippen molar-refractivity contribution in [2.45, 2.75) is 6.92 Å². The summed E-state index contributed by atoms with van der Waals surface area (Å²) in [5.74, 6) is 0.391. The second-order valence-corrected chi connectivity index (χ2v) is 5.06. The molecule has 0 atom stereocenters. The molecule has 2 aromatic carbocycles. The predicted octanol–water partition coefficient (Wildman–Crippen LogP) is 3.88. The fraction of sp³-hybridized carbons (Fsp3) is 0.125. The third kappa shape index (κ3) is 3.92. The van der Waals surface area contributed by atoms with Crippen LogP contribution in [0.2, 0.25) is 0 Å². The first-order chi connectivity index (χ1) is 10.1. The van der Waals surface area contributed by atoms with E-state index in [1.54, 1.807) is 42.5 Å². The first kappa shape index (κ1) is 15.3. The van der Waals surface area contributed by atoms with E-state index in [9.17, 15) is 9.59 Å². The summed E-state index contributed by atoms with van der Waals surface area (Å²) in [6, 6.07) is 11.5. The molecule has 4 nitrogen and oxygen atoms in total. The Morgan fingerprint density at radius 3 is 2.52 bits per heavy atom. The molecule has 108 valence electrons. The number of rotatable bonds is 5. The molecule has 2 aromatic rings. The van der Waals surface area contributed by atoms with E-state index in [1.165, 1.54) is 0 Å². The average molecular weight is 349 g/mol. The van der Waals surface area contributed by atoms with E-state index < -0.39 is 5.97 Å². The molecule has 0 amide bonds. The first-order valence-corrected chi connectivity index (χ1v) is 7.13. The van der Waals surface area contributed by atoms with E-state index in [1.807, 2.05) is 6.92 Å². The van der Waals surface area contributed by atoms with Gasteiger partial charge in [-0.3, -0.25) is 4.79 Å². The van der Waals surface area contributed by atoms with Crippen LogP contribution in [0, 0.1) is 0 Å². The van der Waals surface area contributed by atoms with Crippen LogP contribution in [0.25, 0.3) is 0 Å². The van der Waals surface area contributed by atoms with Crippen LogP contribution in [-0.4, -0.2) is 18.9 Å². The SMILES string of the molecule is CCOc1ccc(C(=O)Oc2ccc(Br)cc2C=O)cc1. The van der Waals surface area contributed by atoms with Gasteiger partial charge in [0.05, 0.1) is 17.7 Å². The van der Waals surface area contributed by atoms with Gasteiger partial charge in [0.1, 0.15) is 11.5 Å². The molecule has 0 aliphatic heterocycles. The average Bonchev–Trinajstić information content (AvgIpc) is 2.50. The highest BCUT2D eigenvalue weighted by molar-refractivity contribution is 9.10. The molecule has 0 unspecified atom stereocenters. The lowest BCUT2D eigenvalue weighted by molar-refractivity contribution is 0.0733. The summed E-state index contributed by atoms with van der Waals surface area (Å²) in [6.07, 6.45) is 0.644. The number of halogens is 1. The minimum atomic E-state index is -0.525. The van der Waals surface area contributed by atoms with Crippen LogP contribution in [-0.2, 0) is 0 Å². The zero-order chi connectivity index (χ0) is 15.2. The number of esters is 1. The number of aldehydes is 1. The number of ether oxygens (including phenoxy) is 2. The maximum absolute atomic E-state index is 12.0. The van der Waals surface area contributed by atoms with E-state index in [4.69, 9.17) is 9.47 Å². The van der Waals surface area contributed by atoms with Gasteiger partial charge in [0, 0.05) is 4.47 Å². The molecule has 2 rings (SSSR count). The lowest BCUT2D eigenvalue weighted by atomic mass is 10.2. The molecule has 0 bridgehead atoms. The van der Waals surface area contributed by atoms with Gasteiger partial charge in [-0.25, -0.2) is 4.79 Å². The largest absolute Gasteiger partial charge is 0.494 e. The Bertz CT molecular complexity index is 650. The van der Waals surface area contributed by atoms with Crippen molar-refractivity contribution in [3.8, 4) is 11.5 Å². The van der Waals surface area contributed by atoms with Gasteiger partial charge < -0.3 is 9.47 Å². The molecular formula is C16H13BrO4. The zero-order valence-electron chi connectivity index (χ0n) is 11.3. The van der Waals surface area contributed by atoms with Crippen LogP contribution in [0.15, 0.2) is 46.9 Å². The normalized spacial score (nSPS) is 10.0. The summed E-state index contributed by atoms with van der Waals surface area (Å²) in [6.45, 7) is 2.45. The Balaban J connectivity index is 2.16. The van der Waals surface area contributed by atoms with Gasteiger partial charge >= 0.3 is 5.97 Å². The van der Waals surface area contributed by atoms with Crippen molar-refractivity contribution < 1.29 is 19.1 Å². The van der Waals surface area contributed by atoms with Gasteiger partial charge in [-0.15, -0.1) is 0 Å². The molecule has 0 heterocycles. The van der Waals surface area contributed by atoms with Gasteiger partial charge in [0.25, 0.3) is 0 Å². The van der Waals surface area contributed by atoms with E-state index >= 15 is 0 Å². The van der Waals surface area contributed by atoms with Crippen LogP contribution < -0.4 is 9.47 Å². The Morgan fingerprint density at radius 1 is 1.19 bits per heavy atom. The minimum Gasteiger partial charge on any atom is -0.494 e. The van der Waals surface area contributed by atoms with E-state index in [2.05, 4.69) is 15.9 Å². The minimum absolute atomic E-state index is 0.229. The first-order valence-electron chi connectivity index (χ1n) is 6.34. The van der Waals surface area contributed by atoms with Gasteiger partial charge in [-0.2, -0.15) is 0 Å². The molecule has 21 heavy (non-hydrogen) atoms. The molecule has 0 fully saturated rings. The van der Waals surface area contributed by atoms with Crippen molar-refractivity contribution in [2.24, 2.45) is 0 Å². The molecule has 0 saturated heterocycles. The van der Waals surface area contributed by atoms with Crippen LogP contribution >= 0.6 is 15.9 Å². The van der Waals surface area contributed by atoms with Crippen molar-refractivity contribution in [3.05, 3.63) is 58.1 Å². The van der Waals surface area contributed by atoms with Crippen molar-refractivity contribution in [1.29, 1.82) is 0 Å². The van der Waals surface area contributed by atoms with Gasteiger partial charge in [0.2, 0.25) is 0 Å². The molecule has 0 aliphatic rings. The van der Waals surface area contributed by atoms with Crippen LogP contribution in [0.1, 0.15) is 27.6 Å². The predicted molar refractivity (Wildman–Crippen MR) is 82.1 cm³/mol. The molecule has 0 saturated carbocycles. The fourth-order valence-electron chi connectivity index (χ4n) is 1.72. The molecule has 0 aliphatic carbocycles. The molecule has 0 spiro atoms. The zero-order valence-corrected chi connectivity index (χ0v) is 12.9. The molecule has 0 N–H and O–H groups in total. The number of benzene rings is 2. The summed E-state index contributed by atoms with van der Waals surface area (Å²) in [5.41, 5.74) is 0.696. The number of carbonyl (C=O) groups is 2. The van der Waals surface area contributed by atoms with Gasteiger partial charge in [-0.1, -0.05) is 15.9 Å². The maximum Gasteiger partial charge on any atom is 0.343 e. The molecule has 5 heteroatoms. The van der Waals surface area contributed by atoms with Crippen molar-refractivity contribution in [2.75, 3.05) is 6.61 Å². The van der Waals surface area contributed by atoms with Gasteiger partial charge in [-0.05, 0) is 49.4 Å². The number of hydrogen-bond acceptors (Lipinski definition) is 4. The smallest absolute Gasteiger partial charge is 0.343 e. The summed E-state index contributed by atoms with van der Waals surface area (Å²) < 4.78 is 11.3. The summed E-state index contributed by atoms with van der Waals surface area (Å²) in [5, 5.41) is 0. The standard InChI is InChI=1S/C16H13BrO4/c1-2-20-14-6-3-11(4-7-14)16(19)21-15-8-5-13(17)9-12(15)10-18/h3-10H,2H2,1H3. The lowest BCUT2D eigenvalue weighted by Gasteiger charge is -2.08. The van der Waals surface area contributed by atoms with E-state index in [0.29, 0.717) is 29.8 Å². The molecular weight excluding hydrogens is 336 g/mol. The van der Waals surface area contributed by atoms with Crippen LogP contribution in [0.5, 0.6) is 11.5 Å². The number of carbonyl (C=O) groups excluding carboxylic acids is 2. The highest BCUT2D eigenvalue weighted by atomic mass is 79.9. The Hall–Kier alpha value is -2.14. The lowest BCUT2D eigenvalue weighted by Crippen LogP contribution is -2.09. The monoisotopic (exact) mass is 348 g/mol. The topological polar surface area (TPSA) is 52.6 Å². The second kappa shape index (κ2) is 7.04. The fourth-order valence-corrected chi connectivity index (χ4v) is 2.10. The highest BCUT2D eigenvalue weighted by Gasteiger charge is 2.12. The maximum atomic E-state index is 12.0. The Labute approximate surface area is 130 Å². The second-order valence-electron chi connectivity index (χ2n) is 4.15. The summed E-state index contributed by atoms with van der Waals surface area (Å²) in [7, 11) is 0. The third-order valence-electron chi connectivity index (χ3n) is 2.70. The Morgan fingerprint density at radius 2 is 1.90 bits per heavy atom. The Kier molecular flexibility index (Phi) is 5.11. The molecule has 0 aromatic heterocycles. The molecule has 0 radical (unpaired) electrons. The van der Waals surface area contributed by atoms with E-state index in [-0.39, 0.29) is 5.75 Å². The quantitative estimate of drug-likeness (QED) is 0.467. The summed E-state index contributed by atoms with van der Waals surface area (Å²) >= 11 is 3.26. The van der Waals surface area contributed by atoms with Crippen molar-refractivity contribution in [3.63, 3.8) is 0 Å². The van der Waals surface area contributed by atoms with Crippen molar-refractivity contribution >= 4 is 28.2 Å². The number of hydrogen-bond donors (Lipinski definition) is 0. The highest BCUT2D eigenvalue weighted by Crippen LogP contribution is 2.23. The van der Waals surface area contributed by atoms with Crippen LogP contribution in [0.3, 0.4) is 0 Å². The third-order valence-corrected chi connectivity index (χ3v) is 3.20.